The lowest BCUT2D eigenvalue weighted by Crippen LogP contribution is -2.28. The molecule has 1 atom stereocenters. The number of fused-ring (bicyclic) bond motifs is 1. The van der Waals surface area contributed by atoms with Crippen molar-refractivity contribution < 1.29 is 9.53 Å². The van der Waals surface area contributed by atoms with E-state index in [0.29, 0.717) is 17.7 Å². The topological polar surface area (TPSA) is 75.5 Å². The van der Waals surface area contributed by atoms with Gasteiger partial charge in [-0.25, -0.2) is 9.64 Å². The van der Waals surface area contributed by atoms with E-state index in [1.54, 1.807) is 13.0 Å². The van der Waals surface area contributed by atoms with Crippen molar-refractivity contribution in [3.63, 3.8) is 0 Å². The van der Waals surface area contributed by atoms with Gasteiger partial charge in [-0.05, 0) is 62.4 Å². The molecule has 1 aromatic heterocycles. The number of esters is 1. The molecule has 0 saturated heterocycles. The molecule has 0 fully saturated rings. The number of hydrogen-bond donors (Lipinski definition) is 2. The lowest BCUT2D eigenvalue weighted by atomic mass is 9.81. The Morgan fingerprint density at radius 2 is 1.96 bits per heavy atom. The fourth-order valence-electron chi connectivity index (χ4n) is 3.47. The highest BCUT2D eigenvalue weighted by Gasteiger charge is 2.32. The number of hydrogen-bond acceptors (Lipinski definition) is 4. The predicted molar refractivity (Wildman–Crippen MR) is 104 cm³/mol. The van der Waals surface area contributed by atoms with Crippen molar-refractivity contribution in [3.8, 4) is 0 Å². The normalized spacial score (nSPS) is 16.9. The second-order valence-corrected chi connectivity index (χ2v) is 6.57. The van der Waals surface area contributed by atoms with Crippen LogP contribution < -0.4 is 10.9 Å². The first kappa shape index (κ1) is 18.5. The Hall–Kier alpha value is -3.33. The van der Waals surface area contributed by atoms with Gasteiger partial charge in [0.15, 0.2) is 0 Å². The number of ether oxygens (including phenoxy) is 1. The summed E-state index contributed by atoms with van der Waals surface area (Å²) in [5.74, 6) is -0.596. The minimum atomic E-state index is -0.401. The molecule has 1 aliphatic heterocycles. The quantitative estimate of drug-likeness (QED) is 0.641. The summed E-state index contributed by atoms with van der Waals surface area (Å²) in [6.07, 6.45) is 0. The van der Waals surface area contributed by atoms with E-state index >= 15 is 0 Å². The molecule has 1 unspecified atom stereocenters. The Morgan fingerprint density at radius 1 is 1.22 bits per heavy atom. The molecular formula is C21H21N3O3. The number of carbonyl (C=O) groups is 1. The predicted octanol–water partition coefficient (Wildman–Crippen LogP) is 3.90. The number of carbonyl (C=O) groups excluding carboxylic acids is 1. The van der Waals surface area contributed by atoms with E-state index in [-0.39, 0.29) is 17.6 Å². The number of benzene rings is 1. The van der Waals surface area contributed by atoms with Crippen LogP contribution in [0, 0.1) is 6.57 Å². The Morgan fingerprint density at radius 3 is 2.63 bits per heavy atom. The SMILES string of the molecule is [C-]#[N+]c1cc2cc(C3C(C)=C(C)NC(C)=C3C(=O)OCC)ccc2[nH]c1=O. The molecule has 1 aliphatic rings. The summed E-state index contributed by atoms with van der Waals surface area (Å²) in [5, 5.41) is 4.00. The van der Waals surface area contributed by atoms with Gasteiger partial charge in [0, 0.05) is 22.8 Å². The highest BCUT2D eigenvalue weighted by molar-refractivity contribution is 5.93. The Labute approximate surface area is 157 Å². The van der Waals surface area contributed by atoms with Gasteiger partial charge in [0.2, 0.25) is 0 Å². The van der Waals surface area contributed by atoms with Gasteiger partial charge < -0.3 is 15.0 Å². The van der Waals surface area contributed by atoms with E-state index < -0.39 is 5.56 Å². The van der Waals surface area contributed by atoms with E-state index in [2.05, 4.69) is 15.1 Å². The van der Waals surface area contributed by atoms with E-state index in [9.17, 15) is 9.59 Å². The summed E-state index contributed by atoms with van der Waals surface area (Å²) in [6.45, 7) is 15.1. The van der Waals surface area contributed by atoms with Crippen molar-refractivity contribution in [3.05, 3.63) is 74.1 Å². The maximum absolute atomic E-state index is 12.6. The van der Waals surface area contributed by atoms with Crippen LogP contribution in [0.5, 0.6) is 0 Å². The van der Waals surface area contributed by atoms with Gasteiger partial charge in [-0.15, -0.1) is 0 Å². The third-order valence-electron chi connectivity index (χ3n) is 4.89. The molecule has 0 radical (unpaired) electrons. The fraction of sp³-hybridized carbons (Fsp3) is 0.286. The maximum atomic E-state index is 12.6. The fourth-order valence-corrected chi connectivity index (χ4v) is 3.47. The number of rotatable bonds is 3. The van der Waals surface area contributed by atoms with Crippen LogP contribution in [0.3, 0.4) is 0 Å². The number of dihydropyridines is 1. The third-order valence-corrected chi connectivity index (χ3v) is 4.89. The van der Waals surface area contributed by atoms with E-state index in [4.69, 9.17) is 11.3 Å². The summed E-state index contributed by atoms with van der Waals surface area (Å²) in [5.41, 5.74) is 4.58. The maximum Gasteiger partial charge on any atom is 0.336 e. The minimum absolute atomic E-state index is 0.0470. The molecule has 2 heterocycles. The molecule has 2 N–H and O–H groups in total. The molecule has 0 saturated carbocycles. The highest BCUT2D eigenvalue weighted by atomic mass is 16.5. The summed E-state index contributed by atoms with van der Waals surface area (Å²) in [4.78, 5) is 30.5. The third kappa shape index (κ3) is 3.24. The standard InChI is InChI=1S/C21H21N3O3/c1-6-27-21(26)19-13(4)23-12(3)11(2)18(19)14-7-8-16-15(9-14)10-17(22-5)20(25)24-16/h7-10,18,23H,6H2,1-4H3,(H,24,25). The van der Waals surface area contributed by atoms with Gasteiger partial charge in [0.25, 0.3) is 11.2 Å². The monoisotopic (exact) mass is 363 g/mol. The van der Waals surface area contributed by atoms with Gasteiger partial charge in [-0.2, -0.15) is 0 Å². The van der Waals surface area contributed by atoms with Gasteiger partial charge in [0.05, 0.1) is 18.8 Å². The molecule has 0 bridgehead atoms. The summed E-state index contributed by atoms with van der Waals surface area (Å²) in [6, 6.07) is 7.20. The van der Waals surface area contributed by atoms with Crippen LogP contribution in [-0.4, -0.2) is 17.6 Å². The molecular weight excluding hydrogens is 342 g/mol. The molecule has 6 heteroatoms. The molecule has 0 amide bonds. The first-order chi connectivity index (χ1) is 12.9. The van der Waals surface area contributed by atoms with Crippen molar-refractivity contribution in [1.82, 2.24) is 10.3 Å². The average Bonchev–Trinajstić information content (AvgIpc) is 2.63. The van der Waals surface area contributed by atoms with Gasteiger partial charge >= 0.3 is 5.97 Å². The van der Waals surface area contributed by atoms with E-state index in [1.807, 2.05) is 39.0 Å². The molecule has 6 nitrogen and oxygen atoms in total. The van der Waals surface area contributed by atoms with Crippen LogP contribution in [-0.2, 0) is 9.53 Å². The molecule has 0 aliphatic carbocycles. The molecule has 27 heavy (non-hydrogen) atoms. The summed E-state index contributed by atoms with van der Waals surface area (Å²) in [7, 11) is 0. The zero-order valence-corrected chi connectivity index (χ0v) is 15.8. The summed E-state index contributed by atoms with van der Waals surface area (Å²) >= 11 is 0. The van der Waals surface area contributed by atoms with Crippen molar-refractivity contribution in [1.29, 1.82) is 0 Å². The zero-order valence-electron chi connectivity index (χ0n) is 15.8. The van der Waals surface area contributed by atoms with Crippen LogP contribution in [0.1, 0.15) is 39.2 Å². The second-order valence-electron chi connectivity index (χ2n) is 6.57. The van der Waals surface area contributed by atoms with Crippen LogP contribution in [0.15, 0.2) is 51.6 Å². The van der Waals surface area contributed by atoms with E-state index in [1.165, 1.54) is 0 Å². The summed E-state index contributed by atoms with van der Waals surface area (Å²) < 4.78 is 5.28. The molecule has 2 aromatic rings. The van der Waals surface area contributed by atoms with Gasteiger partial charge in [0.1, 0.15) is 0 Å². The Balaban J connectivity index is 2.20. The average molecular weight is 363 g/mol. The van der Waals surface area contributed by atoms with Crippen molar-refractivity contribution in [2.45, 2.75) is 33.6 Å². The van der Waals surface area contributed by atoms with Crippen LogP contribution in [0.2, 0.25) is 0 Å². The van der Waals surface area contributed by atoms with Crippen molar-refractivity contribution in [2.24, 2.45) is 0 Å². The number of H-pyrrole nitrogens is 1. The van der Waals surface area contributed by atoms with E-state index in [0.717, 1.165) is 27.9 Å². The lowest BCUT2D eigenvalue weighted by molar-refractivity contribution is -0.138. The second kappa shape index (κ2) is 7.12. The number of nitrogens with one attached hydrogen (secondary N) is 2. The number of nitrogens with zero attached hydrogens (tertiary/aromatic N) is 1. The minimum Gasteiger partial charge on any atom is -0.463 e. The Bertz CT molecular complexity index is 1100. The largest absolute Gasteiger partial charge is 0.463 e. The molecule has 138 valence electrons. The number of pyridine rings is 1. The van der Waals surface area contributed by atoms with Gasteiger partial charge in [-0.3, -0.25) is 4.79 Å². The van der Waals surface area contributed by atoms with Crippen LogP contribution in [0.4, 0.5) is 5.69 Å². The number of allylic oxidation sites excluding steroid dienone is 3. The smallest absolute Gasteiger partial charge is 0.336 e. The number of aromatic nitrogens is 1. The van der Waals surface area contributed by atoms with Crippen LogP contribution in [0.25, 0.3) is 15.7 Å². The molecule has 1 aromatic carbocycles. The zero-order chi connectivity index (χ0) is 19.7. The first-order valence-corrected chi connectivity index (χ1v) is 8.74. The van der Waals surface area contributed by atoms with Crippen molar-refractivity contribution >= 4 is 22.6 Å². The Kier molecular flexibility index (Phi) is 4.87. The van der Waals surface area contributed by atoms with Crippen molar-refractivity contribution in [2.75, 3.05) is 6.61 Å². The van der Waals surface area contributed by atoms with Gasteiger partial charge in [-0.1, -0.05) is 6.07 Å². The first-order valence-electron chi connectivity index (χ1n) is 8.74. The molecule has 0 spiro atoms. The molecule has 3 rings (SSSR count). The number of aromatic amines is 1. The lowest BCUT2D eigenvalue weighted by Gasteiger charge is -2.30. The van der Waals surface area contributed by atoms with Crippen LogP contribution >= 0.6 is 0 Å². The highest BCUT2D eigenvalue weighted by Crippen LogP contribution is 2.39.